The van der Waals surface area contributed by atoms with E-state index < -0.39 is 12.1 Å². The van der Waals surface area contributed by atoms with Crippen LogP contribution in [-0.2, 0) is 6.42 Å². The van der Waals surface area contributed by atoms with Crippen molar-refractivity contribution < 1.29 is 15.0 Å². The summed E-state index contributed by atoms with van der Waals surface area (Å²) in [6.07, 6.45) is -0.0917. The predicted molar refractivity (Wildman–Crippen MR) is 64.1 cm³/mol. The lowest BCUT2D eigenvalue weighted by atomic mass is 10.0. The third kappa shape index (κ3) is 2.42. The lowest BCUT2D eigenvalue weighted by molar-refractivity contribution is 0.0690. The molecule has 0 aliphatic heterocycles. The average molecular weight is 231 g/mol. The van der Waals surface area contributed by atoms with Gasteiger partial charge in [0.2, 0.25) is 0 Å². The van der Waals surface area contributed by atoms with Crippen LogP contribution < -0.4 is 0 Å². The van der Waals surface area contributed by atoms with E-state index in [1.54, 1.807) is 13.0 Å². The highest BCUT2D eigenvalue weighted by molar-refractivity contribution is 5.91. The first kappa shape index (κ1) is 11.5. The standard InChI is InChI=1S/C13H13NO3/c1-8(15)6-9-7-12(13(16)17)14-11-5-3-2-4-10(9)11/h2-5,7-8,15H,6H2,1H3,(H,16,17). The molecular formula is C13H13NO3. The van der Waals surface area contributed by atoms with Crippen LogP contribution in [0.5, 0.6) is 0 Å². The second kappa shape index (κ2) is 4.51. The van der Waals surface area contributed by atoms with Gasteiger partial charge in [-0.3, -0.25) is 0 Å². The van der Waals surface area contributed by atoms with E-state index in [-0.39, 0.29) is 5.69 Å². The van der Waals surface area contributed by atoms with E-state index >= 15 is 0 Å². The number of pyridine rings is 1. The van der Waals surface area contributed by atoms with Gasteiger partial charge in [-0.1, -0.05) is 18.2 Å². The first-order valence-corrected chi connectivity index (χ1v) is 5.38. The van der Waals surface area contributed by atoms with Gasteiger partial charge in [0.25, 0.3) is 0 Å². The number of rotatable bonds is 3. The second-order valence-electron chi connectivity index (χ2n) is 4.04. The Kier molecular flexibility index (Phi) is 3.06. The maximum Gasteiger partial charge on any atom is 0.354 e. The van der Waals surface area contributed by atoms with Gasteiger partial charge < -0.3 is 10.2 Å². The summed E-state index contributed by atoms with van der Waals surface area (Å²) in [6, 6.07) is 8.86. The van der Waals surface area contributed by atoms with Crippen molar-refractivity contribution in [3.05, 3.63) is 41.6 Å². The topological polar surface area (TPSA) is 70.4 Å². The van der Waals surface area contributed by atoms with E-state index in [0.29, 0.717) is 11.9 Å². The third-order valence-electron chi connectivity index (χ3n) is 2.54. The van der Waals surface area contributed by atoms with E-state index in [4.69, 9.17) is 5.11 Å². The van der Waals surface area contributed by atoms with Gasteiger partial charge in [0.05, 0.1) is 11.6 Å². The van der Waals surface area contributed by atoms with Crippen molar-refractivity contribution in [3.63, 3.8) is 0 Å². The fourth-order valence-corrected chi connectivity index (χ4v) is 1.84. The number of carbonyl (C=O) groups is 1. The summed E-state index contributed by atoms with van der Waals surface area (Å²) < 4.78 is 0. The molecule has 17 heavy (non-hydrogen) atoms. The first-order chi connectivity index (χ1) is 8.08. The molecule has 88 valence electrons. The number of aliphatic hydroxyl groups is 1. The summed E-state index contributed by atoms with van der Waals surface area (Å²) in [5.74, 6) is -1.05. The van der Waals surface area contributed by atoms with Crippen LogP contribution in [0.2, 0.25) is 0 Å². The normalized spacial score (nSPS) is 12.6. The van der Waals surface area contributed by atoms with E-state index in [2.05, 4.69) is 4.98 Å². The van der Waals surface area contributed by atoms with Crippen molar-refractivity contribution in [2.45, 2.75) is 19.4 Å². The van der Waals surface area contributed by atoms with E-state index in [9.17, 15) is 9.90 Å². The number of hydrogen-bond acceptors (Lipinski definition) is 3. The lowest BCUT2D eigenvalue weighted by Crippen LogP contribution is -2.08. The number of aliphatic hydroxyl groups excluding tert-OH is 1. The minimum Gasteiger partial charge on any atom is -0.477 e. The van der Waals surface area contributed by atoms with Crippen LogP contribution in [0, 0.1) is 0 Å². The summed E-state index contributed by atoms with van der Waals surface area (Å²) in [5, 5.41) is 19.3. The Morgan fingerprint density at radius 2 is 2.12 bits per heavy atom. The molecule has 0 bridgehead atoms. The second-order valence-corrected chi connectivity index (χ2v) is 4.04. The number of carboxylic acid groups (broad SMARTS) is 1. The van der Waals surface area contributed by atoms with Crippen LogP contribution in [0.3, 0.4) is 0 Å². The maximum atomic E-state index is 11.0. The Morgan fingerprint density at radius 3 is 2.76 bits per heavy atom. The number of benzene rings is 1. The summed E-state index contributed by atoms with van der Waals surface area (Å²) >= 11 is 0. The minimum atomic E-state index is -1.05. The average Bonchev–Trinajstić information content (AvgIpc) is 2.28. The van der Waals surface area contributed by atoms with Gasteiger partial charge in [0, 0.05) is 5.39 Å². The zero-order valence-corrected chi connectivity index (χ0v) is 9.42. The zero-order chi connectivity index (χ0) is 12.4. The highest BCUT2D eigenvalue weighted by atomic mass is 16.4. The van der Waals surface area contributed by atoms with Crippen LogP contribution in [0.15, 0.2) is 30.3 Å². The smallest absolute Gasteiger partial charge is 0.354 e. The molecule has 2 aromatic rings. The van der Waals surface area contributed by atoms with Crippen LogP contribution in [0.4, 0.5) is 0 Å². The number of hydrogen-bond donors (Lipinski definition) is 2. The van der Waals surface area contributed by atoms with Crippen LogP contribution in [0.25, 0.3) is 10.9 Å². The quantitative estimate of drug-likeness (QED) is 0.845. The maximum absolute atomic E-state index is 11.0. The number of carboxylic acids is 1. The minimum absolute atomic E-state index is 0.0133. The fourth-order valence-electron chi connectivity index (χ4n) is 1.84. The van der Waals surface area contributed by atoms with Crippen LogP contribution in [0.1, 0.15) is 23.0 Å². The van der Waals surface area contributed by atoms with Crippen molar-refractivity contribution >= 4 is 16.9 Å². The summed E-state index contributed by atoms with van der Waals surface area (Å²) in [7, 11) is 0. The molecule has 0 amide bonds. The van der Waals surface area contributed by atoms with Gasteiger partial charge in [0.1, 0.15) is 5.69 Å². The number of para-hydroxylation sites is 1. The molecule has 0 radical (unpaired) electrons. The van der Waals surface area contributed by atoms with Gasteiger partial charge in [-0.15, -0.1) is 0 Å². The number of fused-ring (bicyclic) bond motifs is 1. The summed E-state index contributed by atoms with van der Waals surface area (Å²) in [6.45, 7) is 1.68. The number of nitrogens with zero attached hydrogens (tertiary/aromatic N) is 1. The van der Waals surface area contributed by atoms with E-state index in [1.165, 1.54) is 6.07 Å². The molecule has 0 saturated heterocycles. The van der Waals surface area contributed by atoms with E-state index in [1.807, 2.05) is 18.2 Å². The molecule has 0 saturated carbocycles. The highest BCUT2D eigenvalue weighted by Gasteiger charge is 2.11. The Balaban J connectivity index is 2.64. The van der Waals surface area contributed by atoms with Crippen molar-refractivity contribution in [2.75, 3.05) is 0 Å². The molecule has 1 heterocycles. The van der Waals surface area contributed by atoms with Gasteiger partial charge in [-0.05, 0) is 31.0 Å². The molecular weight excluding hydrogens is 218 g/mol. The summed E-state index contributed by atoms with van der Waals surface area (Å²) in [5.41, 5.74) is 1.46. The molecule has 4 heteroatoms. The largest absolute Gasteiger partial charge is 0.477 e. The molecule has 0 fully saturated rings. The van der Waals surface area contributed by atoms with Crippen LogP contribution >= 0.6 is 0 Å². The monoisotopic (exact) mass is 231 g/mol. The Labute approximate surface area is 98.5 Å². The number of aromatic nitrogens is 1. The zero-order valence-electron chi connectivity index (χ0n) is 9.42. The first-order valence-electron chi connectivity index (χ1n) is 5.38. The van der Waals surface area contributed by atoms with Crippen molar-refractivity contribution in [2.24, 2.45) is 0 Å². The molecule has 1 atom stereocenters. The summed E-state index contributed by atoms with van der Waals surface area (Å²) in [4.78, 5) is 15.0. The molecule has 1 aromatic carbocycles. The number of aromatic carboxylic acids is 1. The van der Waals surface area contributed by atoms with Crippen molar-refractivity contribution in [3.8, 4) is 0 Å². The van der Waals surface area contributed by atoms with Crippen molar-refractivity contribution in [1.82, 2.24) is 4.98 Å². The molecule has 2 N–H and O–H groups in total. The van der Waals surface area contributed by atoms with Gasteiger partial charge in [-0.25, -0.2) is 9.78 Å². The molecule has 0 aliphatic rings. The Hall–Kier alpha value is -1.94. The van der Waals surface area contributed by atoms with Crippen molar-refractivity contribution in [1.29, 1.82) is 0 Å². The molecule has 1 unspecified atom stereocenters. The predicted octanol–water partition coefficient (Wildman–Crippen LogP) is 1.86. The highest BCUT2D eigenvalue weighted by Crippen LogP contribution is 2.19. The van der Waals surface area contributed by atoms with Gasteiger partial charge >= 0.3 is 5.97 Å². The van der Waals surface area contributed by atoms with Crippen LogP contribution in [-0.4, -0.2) is 27.3 Å². The van der Waals surface area contributed by atoms with Gasteiger partial charge in [-0.2, -0.15) is 0 Å². The Morgan fingerprint density at radius 1 is 1.41 bits per heavy atom. The third-order valence-corrected chi connectivity index (χ3v) is 2.54. The molecule has 0 aliphatic carbocycles. The molecule has 0 spiro atoms. The molecule has 2 rings (SSSR count). The molecule has 1 aromatic heterocycles. The SMILES string of the molecule is CC(O)Cc1cc(C(=O)O)nc2ccccc12. The fraction of sp³-hybridized carbons (Fsp3) is 0.231. The molecule has 4 nitrogen and oxygen atoms in total. The van der Waals surface area contributed by atoms with Gasteiger partial charge in [0.15, 0.2) is 0 Å². The lowest BCUT2D eigenvalue weighted by Gasteiger charge is -2.09. The van der Waals surface area contributed by atoms with E-state index in [0.717, 1.165) is 10.9 Å². The Bertz CT molecular complexity index is 564.